The van der Waals surface area contributed by atoms with Crippen molar-refractivity contribution in [3.63, 3.8) is 0 Å². The third-order valence-corrected chi connectivity index (χ3v) is 6.42. The van der Waals surface area contributed by atoms with Crippen molar-refractivity contribution >= 4 is 45.8 Å². The van der Waals surface area contributed by atoms with Gasteiger partial charge in [-0.2, -0.15) is 0 Å². The summed E-state index contributed by atoms with van der Waals surface area (Å²) in [6.45, 7) is 4.59. The van der Waals surface area contributed by atoms with Crippen LogP contribution in [-0.2, 0) is 4.79 Å². The van der Waals surface area contributed by atoms with E-state index in [1.54, 1.807) is 17.0 Å². The van der Waals surface area contributed by atoms with Crippen LogP contribution in [0.5, 0.6) is 11.5 Å². The Hall–Kier alpha value is -3.23. The van der Waals surface area contributed by atoms with Gasteiger partial charge in [-0.05, 0) is 24.3 Å². The lowest BCUT2D eigenvalue weighted by Crippen LogP contribution is -2.41. The predicted molar refractivity (Wildman–Crippen MR) is 126 cm³/mol. The van der Waals surface area contributed by atoms with Gasteiger partial charge in [-0.15, -0.1) is 0 Å². The quantitative estimate of drug-likeness (QED) is 0.271. The van der Waals surface area contributed by atoms with E-state index < -0.39 is 11.6 Å². The standard InChI is InChI=1S/C24H20Cl2FN3O4/c1-3-20(31)30-8-6-13(7-9-30)34-19-10-15-17(11-18(19)33-2)28-12-29-23(15)24(32)14-4-5-16(25)21(26)22(14)27/h3-5,10-13H,1,6-9H2,2H3. The minimum Gasteiger partial charge on any atom is -0.493 e. The van der Waals surface area contributed by atoms with E-state index in [1.165, 1.54) is 31.6 Å². The van der Waals surface area contributed by atoms with Crippen LogP contribution < -0.4 is 9.47 Å². The van der Waals surface area contributed by atoms with Gasteiger partial charge in [0.15, 0.2) is 17.3 Å². The van der Waals surface area contributed by atoms with E-state index >= 15 is 0 Å². The molecule has 0 unspecified atom stereocenters. The minimum absolute atomic E-state index is 0.00419. The first-order valence-electron chi connectivity index (χ1n) is 10.4. The Morgan fingerprint density at radius 1 is 1.18 bits per heavy atom. The van der Waals surface area contributed by atoms with Gasteiger partial charge in [0.25, 0.3) is 0 Å². The van der Waals surface area contributed by atoms with Crippen LogP contribution in [0.1, 0.15) is 28.9 Å². The Bertz CT molecular complexity index is 1290. The molecule has 0 aliphatic carbocycles. The van der Waals surface area contributed by atoms with Crippen molar-refractivity contribution in [1.29, 1.82) is 0 Å². The SMILES string of the molecule is C=CC(=O)N1CCC(Oc2cc3c(C(=O)c4ccc(Cl)c(Cl)c4F)ncnc3cc2OC)CC1. The molecule has 3 aromatic rings. The summed E-state index contributed by atoms with van der Waals surface area (Å²) in [6.07, 6.45) is 3.58. The summed E-state index contributed by atoms with van der Waals surface area (Å²) in [7, 11) is 1.50. The van der Waals surface area contributed by atoms with E-state index in [4.69, 9.17) is 32.7 Å². The third kappa shape index (κ3) is 4.56. The summed E-state index contributed by atoms with van der Waals surface area (Å²) in [5.41, 5.74) is 0.155. The molecule has 1 aliphatic rings. The summed E-state index contributed by atoms with van der Waals surface area (Å²) >= 11 is 11.7. The molecular formula is C24H20Cl2FN3O4. The molecule has 0 spiro atoms. The molecule has 1 aromatic heterocycles. The number of fused-ring (bicyclic) bond motifs is 1. The largest absolute Gasteiger partial charge is 0.493 e. The summed E-state index contributed by atoms with van der Waals surface area (Å²) in [6, 6.07) is 5.85. The summed E-state index contributed by atoms with van der Waals surface area (Å²) in [5, 5.41) is 0.0374. The second kappa shape index (κ2) is 9.95. The van der Waals surface area contributed by atoms with Crippen LogP contribution in [0.2, 0.25) is 10.0 Å². The predicted octanol–water partition coefficient (Wildman–Crippen LogP) is 4.87. The highest BCUT2D eigenvalue weighted by Crippen LogP contribution is 2.35. The van der Waals surface area contributed by atoms with Crippen LogP contribution in [-0.4, -0.2) is 52.9 Å². The van der Waals surface area contributed by atoms with E-state index in [0.29, 0.717) is 48.3 Å². The van der Waals surface area contributed by atoms with Crippen molar-refractivity contribution in [3.8, 4) is 11.5 Å². The fraction of sp³-hybridized carbons (Fsp3) is 0.250. The highest BCUT2D eigenvalue weighted by atomic mass is 35.5. The van der Waals surface area contributed by atoms with Gasteiger partial charge in [0.2, 0.25) is 11.7 Å². The Morgan fingerprint density at radius 2 is 1.91 bits per heavy atom. The first-order chi connectivity index (χ1) is 16.3. The molecule has 0 radical (unpaired) electrons. The average Bonchev–Trinajstić information content (AvgIpc) is 2.86. The number of methoxy groups -OCH3 is 1. The Labute approximate surface area is 205 Å². The van der Waals surface area contributed by atoms with Crippen LogP contribution in [0.3, 0.4) is 0 Å². The van der Waals surface area contributed by atoms with Gasteiger partial charge in [-0.25, -0.2) is 14.4 Å². The molecule has 0 N–H and O–H groups in total. The number of ether oxygens (including phenoxy) is 2. The number of hydrogen-bond donors (Lipinski definition) is 0. The van der Waals surface area contributed by atoms with Crippen molar-refractivity contribution in [2.75, 3.05) is 20.2 Å². The summed E-state index contributed by atoms with van der Waals surface area (Å²) in [5.74, 6) is -0.888. The van der Waals surface area contributed by atoms with Crippen LogP contribution in [0, 0.1) is 5.82 Å². The number of ketones is 1. The molecule has 176 valence electrons. The van der Waals surface area contributed by atoms with Gasteiger partial charge in [-0.3, -0.25) is 9.59 Å². The second-order valence-corrected chi connectivity index (χ2v) is 8.43. The zero-order valence-electron chi connectivity index (χ0n) is 18.2. The normalized spacial score (nSPS) is 14.2. The van der Waals surface area contributed by atoms with E-state index in [-0.39, 0.29) is 33.3 Å². The van der Waals surface area contributed by atoms with Crippen LogP contribution in [0.15, 0.2) is 43.2 Å². The van der Waals surface area contributed by atoms with E-state index in [9.17, 15) is 14.0 Å². The van der Waals surface area contributed by atoms with Crippen molar-refractivity contribution in [2.24, 2.45) is 0 Å². The number of halogens is 3. The molecule has 0 saturated carbocycles. The maximum atomic E-state index is 14.7. The zero-order valence-corrected chi connectivity index (χ0v) is 19.7. The number of carbonyl (C=O) groups excluding carboxylic acids is 2. The molecule has 0 atom stereocenters. The first kappa shape index (κ1) is 23.9. The lowest BCUT2D eigenvalue weighted by molar-refractivity contribution is -0.127. The fourth-order valence-corrected chi connectivity index (χ4v) is 4.14. The minimum atomic E-state index is -0.920. The first-order valence-corrected chi connectivity index (χ1v) is 11.2. The highest BCUT2D eigenvalue weighted by molar-refractivity contribution is 6.42. The molecule has 1 aliphatic heterocycles. The number of rotatable bonds is 6. The fourth-order valence-electron chi connectivity index (χ4n) is 3.83. The molecule has 7 nitrogen and oxygen atoms in total. The number of carbonyl (C=O) groups is 2. The van der Waals surface area contributed by atoms with Crippen molar-refractivity contribution < 1.29 is 23.5 Å². The zero-order chi connectivity index (χ0) is 24.4. The molecule has 0 bridgehead atoms. The Balaban J connectivity index is 1.68. The molecule has 10 heteroatoms. The molecule has 1 saturated heterocycles. The lowest BCUT2D eigenvalue weighted by atomic mass is 10.0. The highest BCUT2D eigenvalue weighted by Gasteiger charge is 2.26. The van der Waals surface area contributed by atoms with Crippen LogP contribution in [0.4, 0.5) is 4.39 Å². The maximum absolute atomic E-state index is 14.7. The van der Waals surface area contributed by atoms with Gasteiger partial charge >= 0.3 is 0 Å². The summed E-state index contributed by atoms with van der Waals surface area (Å²) in [4.78, 5) is 35.0. The number of hydrogen-bond acceptors (Lipinski definition) is 6. The smallest absolute Gasteiger partial charge is 0.245 e. The number of nitrogens with zero attached hydrogens (tertiary/aromatic N) is 3. The van der Waals surface area contributed by atoms with Gasteiger partial charge in [-0.1, -0.05) is 29.8 Å². The van der Waals surface area contributed by atoms with Gasteiger partial charge in [0.05, 0.1) is 28.2 Å². The third-order valence-electron chi connectivity index (χ3n) is 5.64. The number of benzene rings is 2. The number of amides is 1. The maximum Gasteiger partial charge on any atom is 0.245 e. The average molecular weight is 504 g/mol. The van der Waals surface area contributed by atoms with Crippen molar-refractivity contribution in [3.05, 3.63) is 70.4 Å². The molecular weight excluding hydrogens is 484 g/mol. The molecule has 1 fully saturated rings. The van der Waals surface area contributed by atoms with E-state index in [2.05, 4.69) is 16.5 Å². The number of piperidine rings is 1. The molecule has 2 heterocycles. The van der Waals surface area contributed by atoms with Crippen molar-refractivity contribution in [1.82, 2.24) is 14.9 Å². The van der Waals surface area contributed by atoms with Crippen LogP contribution >= 0.6 is 23.2 Å². The van der Waals surface area contributed by atoms with E-state index in [1.807, 2.05) is 0 Å². The monoisotopic (exact) mass is 503 g/mol. The molecule has 2 aromatic carbocycles. The number of aromatic nitrogens is 2. The molecule has 4 rings (SSSR count). The second-order valence-electron chi connectivity index (χ2n) is 7.64. The molecule has 34 heavy (non-hydrogen) atoms. The van der Waals surface area contributed by atoms with Crippen LogP contribution in [0.25, 0.3) is 10.9 Å². The Morgan fingerprint density at radius 3 is 2.59 bits per heavy atom. The molecule has 1 amide bonds. The van der Waals surface area contributed by atoms with Gasteiger partial charge in [0.1, 0.15) is 18.1 Å². The lowest BCUT2D eigenvalue weighted by Gasteiger charge is -2.31. The van der Waals surface area contributed by atoms with Gasteiger partial charge < -0.3 is 14.4 Å². The Kier molecular flexibility index (Phi) is 7.00. The topological polar surface area (TPSA) is 81.6 Å². The summed E-state index contributed by atoms with van der Waals surface area (Å²) < 4.78 is 26.3. The van der Waals surface area contributed by atoms with E-state index in [0.717, 1.165) is 0 Å². The van der Waals surface area contributed by atoms with Crippen molar-refractivity contribution in [2.45, 2.75) is 18.9 Å². The number of likely N-dealkylation sites (tertiary alicyclic amines) is 1. The van der Waals surface area contributed by atoms with Gasteiger partial charge in [0, 0.05) is 37.4 Å².